The van der Waals surface area contributed by atoms with E-state index in [0.717, 1.165) is 0 Å². The molecule has 40 heavy (non-hydrogen) atoms. The molecule has 3 heterocycles. The summed E-state index contributed by atoms with van der Waals surface area (Å²) in [5, 5.41) is 3.25. The summed E-state index contributed by atoms with van der Waals surface area (Å²) in [4.78, 5) is 31.0. The van der Waals surface area contributed by atoms with Gasteiger partial charge in [-0.05, 0) is 80.1 Å². The fraction of sp³-hybridized carbons (Fsp3) is 0.167. The number of carbonyl (C=O) groups excluding carboxylic acids is 2. The number of aromatic nitrogens is 1. The maximum Gasteiger partial charge on any atom is 0.271 e. The van der Waals surface area contributed by atoms with Crippen LogP contribution in [-0.2, 0) is 4.79 Å². The fourth-order valence-corrected chi connectivity index (χ4v) is 4.28. The Kier molecular flexibility index (Phi) is 7.68. The molecule has 2 amide bonds. The minimum Gasteiger partial charge on any atom is -0.487 e. The predicted octanol–water partition coefficient (Wildman–Crippen LogP) is 3.93. The summed E-state index contributed by atoms with van der Waals surface area (Å²) in [6, 6.07) is 22.4. The molecular formula is C30H30N6O4. The van der Waals surface area contributed by atoms with Gasteiger partial charge < -0.3 is 25.1 Å². The molecule has 10 nitrogen and oxygen atoms in total. The van der Waals surface area contributed by atoms with Crippen molar-refractivity contribution >= 4 is 23.3 Å². The Bertz CT molecular complexity index is 1530. The van der Waals surface area contributed by atoms with Gasteiger partial charge in [-0.25, -0.2) is 4.99 Å². The van der Waals surface area contributed by atoms with Gasteiger partial charge in [-0.2, -0.15) is 0 Å². The third-order valence-corrected chi connectivity index (χ3v) is 6.20. The third kappa shape index (κ3) is 5.91. The van der Waals surface area contributed by atoms with Gasteiger partial charge in [-0.15, -0.1) is 0 Å². The molecular weight excluding hydrogens is 508 g/mol. The zero-order valence-corrected chi connectivity index (χ0v) is 22.1. The van der Waals surface area contributed by atoms with E-state index >= 15 is 0 Å². The average Bonchev–Trinajstić information content (AvgIpc) is 3.50. The Morgan fingerprint density at radius 1 is 1.02 bits per heavy atom. The van der Waals surface area contributed by atoms with Crippen LogP contribution in [0.15, 0.2) is 96.2 Å². The number of amidine groups is 1. The van der Waals surface area contributed by atoms with Crippen molar-refractivity contribution in [3.8, 4) is 17.2 Å². The van der Waals surface area contributed by atoms with E-state index < -0.39 is 17.9 Å². The Hall–Kier alpha value is -5.25. The van der Waals surface area contributed by atoms with Crippen LogP contribution in [-0.4, -0.2) is 35.1 Å². The van der Waals surface area contributed by atoms with Crippen molar-refractivity contribution in [2.45, 2.75) is 26.0 Å². The molecule has 2 aliphatic rings. The molecule has 2 aliphatic heterocycles. The number of nitrogens with zero attached hydrogens (tertiary/aromatic N) is 2. The Morgan fingerprint density at radius 3 is 2.52 bits per heavy atom. The second-order valence-corrected chi connectivity index (χ2v) is 9.40. The van der Waals surface area contributed by atoms with Crippen LogP contribution in [0.2, 0.25) is 0 Å². The zero-order chi connectivity index (χ0) is 28.1. The molecule has 6 rings (SSSR count). The summed E-state index contributed by atoms with van der Waals surface area (Å²) in [5.41, 5.74) is 14.3. The number of nitrogens with one attached hydrogen (secondary N) is 3. The minimum atomic E-state index is -0.889. The monoisotopic (exact) mass is 538 g/mol. The van der Waals surface area contributed by atoms with E-state index in [1.807, 2.05) is 55.1 Å². The molecule has 5 N–H and O–H groups in total. The second kappa shape index (κ2) is 11.6. The predicted molar refractivity (Wildman–Crippen MR) is 153 cm³/mol. The molecule has 0 saturated carbocycles. The quantitative estimate of drug-likeness (QED) is 0.285. The van der Waals surface area contributed by atoms with Crippen molar-refractivity contribution in [2.24, 2.45) is 10.7 Å². The number of rotatable bonds is 5. The van der Waals surface area contributed by atoms with E-state index in [0.29, 0.717) is 45.4 Å². The van der Waals surface area contributed by atoms with Gasteiger partial charge in [0.05, 0.1) is 17.4 Å². The van der Waals surface area contributed by atoms with E-state index in [1.165, 1.54) is 0 Å². The first-order valence-corrected chi connectivity index (χ1v) is 12.8. The number of aliphatic imine (C=N–C) groups is 1. The molecule has 1 unspecified atom stereocenters. The molecule has 204 valence electrons. The largest absolute Gasteiger partial charge is 0.487 e. The number of hydrazine groups is 1. The number of nitrogens with two attached hydrogens (primary N) is 1. The first kappa shape index (κ1) is 26.4. The van der Waals surface area contributed by atoms with Gasteiger partial charge in [0.2, 0.25) is 0 Å². The van der Waals surface area contributed by atoms with Crippen molar-refractivity contribution in [3.63, 3.8) is 0 Å². The lowest BCUT2D eigenvalue weighted by molar-refractivity contribution is -0.122. The van der Waals surface area contributed by atoms with E-state index in [-0.39, 0.29) is 12.8 Å². The maximum atomic E-state index is 13.6. The molecule has 0 aliphatic carbocycles. The Morgan fingerprint density at radius 2 is 1.77 bits per heavy atom. The van der Waals surface area contributed by atoms with Gasteiger partial charge in [0, 0.05) is 23.6 Å². The van der Waals surface area contributed by atoms with Gasteiger partial charge in [0.1, 0.15) is 11.9 Å². The summed E-state index contributed by atoms with van der Waals surface area (Å²) in [6.45, 7) is 3.79. The highest BCUT2D eigenvalue weighted by Gasteiger charge is 2.24. The number of anilines is 1. The summed E-state index contributed by atoms with van der Waals surface area (Å²) in [6.07, 6.45) is 3.59. The lowest BCUT2D eigenvalue weighted by Gasteiger charge is -2.22. The number of hydrogen-bond acceptors (Lipinski definition) is 7. The van der Waals surface area contributed by atoms with Crippen molar-refractivity contribution in [1.82, 2.24) is 15.4 Å². The molecule has 3 aromatic carbocycles. The van der Waals surface area contributed by atoms with Crippen LogP contribution in [0.5, 0.6) is 11.5 Å². The van der Waals surface area contributed by atoms with E-state index in [2.05, 4.69) is 21.2 Å². The number of benzene rings is 3. The van der Waals surface area contributed by atoms with Gasteiger partial charge in [0.25, 0.3) is 11.8 Å². The highest BCUT2D eigenvalue weighted by Crippen LogP contribution is 2.33. The molecule has 0 fully saturated rings. The van der Waals surface area contributed by atoms with Crippen LogP contribution in [0.25, 0.3) is 5.69 Å². The summed E-state index contributed by atoms with van der Waals surface area (Å²) in [7, 11) is 0. The number of hydrogen-bond donors (Lipinski definition) is 4. The Balaban J connectivity index is 1.43. The number of ether oxygens (including phenoxy) is 2. The summed E-state index contributed by atoms with van der Waals surface area (Å²) < 4.78 is 13.6. The smallest absolute Gasteiger partial charge is 0.271 e. The van der Waals surface area contributed by atoms with Crippen LogP contribution in [0.4, 0.5) is 5.69 Å². The molecule has 1 atom stereocenters. The number of carbonyl (C=O) groups is 2. The zero-order valence-electron chi connectivity index (χ0n) is 22.1. The third-order valence-electron chi connectivity index (χ3n) is 6.20. The minimum absolute atomic E-state index is 0.0351. The molecule has 10 heteroatoms. The Labute approximate surface area is 231 Å². The van der Waals surface area contributed by atoms with Crippen LogP contribution in [0.3, 0.4) is 0 Å². The van der Waals surface area contributed by atoms with Crippen molar-refractivity contribution < 1.29 is 19.1 Å². The second-order valence-electron chi connectivity index (χ2n) is 9.40. The molecule has 1 aromatic heterocycles. The lowest BCUT2D eigenvalue weighted by Crippen LogP contribution is -2.45. The first-order chi connectivity index (χ1) is 19.4. The first-order valence-electron chi connectivity index (χ1n) is 12.8. The lowest BCUT2D eigenvalue weighted by atomic mass is 10.0. The molecule has 0 saturated heterocycles. The average molecular weight is 539 g/mol. The topological polar surface area (TPSA) is 132 Å². The highest BCUT2D eigenvalue weighted by molar-refractivity contribution is 5.99. The fourth-order valence-electron chi connectivity index (χ4n) is 4.28. The highest BCUT2D eigenvalue weighted by atomic mass is 16.5. The van der Waals surface area contributed by atoms with Gasteiger partial charge in [-0.1, -0.05) is 18.2 Å². The molecule has 0 spiro atoms. The number of amides is 2. The standard InChI is InChI=1S/C30H30N6O4/c1-19(2)40-25-14-11-21-17-26(25)39-18-32-28(31)20-9-12-22(13-10-20)33-27(21)30(38)35-34-29(37)23-7-3-4-8-24(23)36-15-5-6-16-36/h3-17,19,27,33H,18H2,1-2H3,(H2,31,32)(H,34,37)(H,35,38). The van der Waals surface area contributed by atoms with Gasteiger partial charge >= 0.3 is 0 Å². The normalized spacial score (nSPS) is 15.8. The van der Waals surface area contributed by atoms with E-state index in [9.17, 15) is 9.59 Å². The van der Waals surface area contributed by atoms with Crippen LogP contribution in [0.1, 0.15) is 41.4 Å². The van der Waals surface area contributed by atoms with Crippen molar-refractivity contribution in [1.29, 1.82) is 0 Å². The van der Waals surface area contributed by atoms with E-state index in [1.54, 1.807) is 54.6 Å². The summed E-state index contributed by atoms with van der Waals surface area (Å²) >= 11 is 0. The van der Waals surface area contributed by atoms with Crippen LogP contribution < -0.4 is 31.4 Å². The summed E-state index contributed by atoms with van der Waals surface area (Å²) in [5.74, 6) is 0.310. The van der Waals surface area contributed by atoms with Crippen LogP contribution in [0, 0.1) is 0 Å². The SMILES string of the molecule is CC(C)Oc1ccc2cc1OC/N=C(/N)c1ccc(cc1)NC2C(=O)NNC(=O)c1ccccc1-n1cccc1. The maximum absolute atomic E-state index is 13.6. The van der Waals surface area contributed by atoms with Crippen molar-refractivity contribution in [2.75, 3.05) is 12.0 Å². The van der Waals surface area contributed by atoms with Gasteiger partial charge in [-0.3, -0.25) is 20.4 Å². The number of para-hydroxylation sites is 1. The molecule has 0 radical (unpaired) electrons. The molecule has 4 aromatic rings. The van der Waals surface area contributed by atoms with E-state index in [4.69, 9.17) is 15.2 Å². The van der Waals surface area contributed by atoms with Gasteiger partial charge in [0.15, 0.2) is 18.2 Å². The van der Waals surface area contributed by atoms with Crippen LogP contribution >= 0.6 is 0 Å². The molecule has 4 bridgehead atoms. The number of fused-ring (bicyclic) bond motifs is 5. The van der Waals surface area contributed by atoms with Crippen molar-refractivity contribution in [3.05, 3.63) is 108 Å².